The van der Waals surface area contributed by atoms with Crippen molar-refractivity contribution in [2.75, 3.05) is 12.9 Å². The number of aromatic nitrogens is 2. The maximum atomic E-state index is 13.2. The zero-order valence-corrected chi connectivity index (χ0v) is 16.8. The minimum absolute atomic E-state index is 0.101. The number of hydrogen-bond donors (Lipinski definition) is 1. The summed E-state index contributed by atoms with van der Waals surface area (Å²) in [5, 5.41) is 4.37. The fraction of sp³-hybridized carbons (Fsp3) is 0.211. The average molecular weight is 439 g/mol. The summed E-state index contributed by atoms with van der Waals surface area (Å²) in [7, 11) is 1.53. The van der Waals surface area contributed by atoms with Gasteiger partial charge in [0.1, 0.15) is 11.4 Å². The van der Waals surface area contributed by atoms with Gasteiger partial charge >= 0.3 is 6.18 Å². The molecule has 0 saturated heterocycles. The average Bonchev–Trinajstić information content (AvgIpc) is 3.25. The Bertz CT molecular complexity index is 979. The highest BCUT2D eigenvalue weighted by Crippen LogP contribution is 2.33. The monoisotopic (exact) mass is 439 g/mol. The highest BCUT2D eigenvalue weighted by Gasteiger charge is 2.34. The molecule has 2 heterocycles. The molecule has 1 aromatic carbocycles. The molecule has 0 aliphatic heterocycles. The van der Waals surface area contributed by atoms with E-state index in [1.807, 2.05) is 18.2 Å². The normalized spacial score (nSPS) is 11.3. The van der Waals surface area contributed by atoms with Gasteiger partial charge in [-0.3, -0.25) is 4.79 Å². The van der Waals surface area contributed by atoms with Gasteiger partial charge in [0.25, 0.3) is 0 Å². The number of benzene rings is 1. The molecule has 0 saturated carbocycles. The molecule has 5 nitrogen and oxygen atoms in total. The third kappa shape index (κ3) is 5.70. The van der Waals surface area contributed by atoms with Gasteiger partial charge in [-0.2, -0.15) is 13.2 Å². The van der Waals surface area contributed by atoms with Crippen LogP contribution in [0, 0.1) is 0 Å². The Morgan fingerprint density at radius 3 is 2.69 bits per heavy atom. The van der Waals surface area contributed by atoms with Crippen LogP contribution in [0.3, 0.4) is 0 Å². The molecular formula is C19H16F3N3O2S2. The lowest BCUT2D eigenvalue weighted by molar-refractivity contribution is -0.141. The van der Waals surface area contributed by atoms with Gasteiger partial charge in [-0.15, -0.1) is 11.3 Å². The molecule has 0 spiro atoms. The third-order valence-electron chi connectivity index (χ3n) is 3.77. The SMILES string of the molecule is COc1ccccc1CNC(=O)CSc1nc(-c2cccs2)cc(C(F)(F)F)n1. The van der Waals surface area contributed by atoms with Crippen molar-refractivity contribution in [2.45, 2.75) is 17.9 Å². The second-order valence-corrected chi connectivity index (χ2v) is 7.66. The van der Waals surface area contributed by atoms with Gasteiger partial charge in [0.2, 0.25) is 5.91 Å². The van der Waals surface area contributed by atoms with Crippen LogP contribution in [0.5, 0.6) is 5.75 Å². The number of thiophene rings is 1. The summed E-state index contributed by atoms with van der Waals surface area (Å²) in [4.78, 5) is 20.5. The van der Waals surface area contributed by atoms with E-state index in [-0.39, 0.29) is 29.1 Å². The predicted octanol–water partition coefficient (Wildman–Crippen LogP) is 4.64. The quantitative estimate of drug-likeness (QED) is 0.429. The van der Waals surface area contributed by atoms with Crippen LogP contribution in [0.15, 0.2) is 53.0 Å². The summed E-state index contributed by atoms with van der Waals surface area (Å²) in [6.45, 7) is 0.243. The first kappa shape index (κ1) is 21.1. The summed E-state index contributed by atoms with van der Waals surface area (Å²) in [5.41, 5.74) is -0.0595. The molecule has 0 bridgehead atoms. The van der Waals surface area contributed by atoms with Crippen molar-refractivity contribution in [1.29, 1.82) is 0 Å². The van der Waals surface area contributed by atoms with Gasteiger partial charge in [0.05, 0.1) is 23.4 Å². The Hall–Kier alpha value is -2.59. The minimum atomic E-state index is -4.60. The lowest BCUT2D eigenvalue weighted by atomic mass is 10.2. The molecule has 10 heteroatoms. The number of carbonyl (C=O) groups excluding carboxylic acids is 1. The number of para-hydroxylation sites is 1. The van der Waals surface area contributed by atoms with Crippen LogP contribution < -0.4 is 10.1 Å². The van der Waals surface area contributed by atoms with Crippen molar-refractivity contribution < 1.29 is 22.7 Å². The van der Waals surface area contributed by atoms with E-state index in [9.17, 15) is 18.0 Å². The van der Waals surface area contributed by atoms with Crippen LogP contribution >= 0.6 is 23.1 Å². The Morgan fingerprint density at radius 2 is 2.00 bits per heavy atom. The van der Waals surface area contributed by atoms with Crippen molar-refractivity contribution >= 4 is 29.0 Å². The van der Waals surface area contributed by atoms with Crippen molar-refractivity contribution in [3.05, 3.63) is 59.1 Å². The molecule has 0 aliphatic carbocycles. The number of methoxy groups -OCH3 is 1. The Labute approximate surface area is 173 Å². The van der Waals surface area contributed by atoms with E-state index < -0.39 is 11.9 Å². The molecule has 0 unspecified atom stereocenters. The molecule has 2 aromatic heterocycles. The zero-order chi connectivity index (χ0) is 20.9. The first-order chi connectivity index (χ1) is 13.9. The number of amides is 1. The third-order valence-corrected chi connectivity index (χ3v) is 5.51. The zero-order valence-electron chi connectivity index (χ0n) is 15.2. The molecule has 0 radical (unpaired) electrons. The summed E-state index contributed by atoms with van der Waals surface area (Å²) in [6, 6.07) is 11.6. The smallest absolute Gasteiger partial charge is 0.433 e. The van der Waals surface area contributed by atoms with Crippen LogP contribution in [-0.4, -0.2) is 28.7 Å². The first-order valence-corrected chi connectivity index (χ1v) is 10.2. The Balaban J connectivity index is 1.68. The summed E-state index contributed by atoms with van der Waals surface area (Å²) in [6.07, 6.45) is -4.60. The standard InChI is InChI=1S/C19H16F3N3O2S2/c1-27-14-6-3-2-5-12(14)10-23-17(26)11-29-18-24-13(15-7-4-8-28-15)9-16(25-18)19(20,21)22/h2-9H,10-11H2,1H3,(H,23,26). The summed E-state index contributed by atoms with van der Waals surface area (Å²) >= 11 is 2.13. The fourth-order valence-corrected chi connectivity index (χ4v) is 3.78. The van der Waals surface area contributed by atoms with E-state index in [2.05, 4.69) is 15.3 Å². The number of ether oxygens (including phenoxy) is 1. The van der Waals surface area contributed by atoms with Gasteiger partial charge in [-0.05, 0) is 23.6 Å². The maximum absolute atomic E-state index is 13.2. The molecule has 3 rings (SSSR count). The highest BCUT2D eigenvalue weighted by atomic mass is 32.2. The van der Waals surface area contributed by atoms with Crippen molar-refractivity contribution in [1.82, 2.24) is 15.3 Å². The number of alkyl halides is 3. The molecule has 1 N–H and O–H groups in total. The molecule has 0 fully saturated rings. The van der Waals surface area contributed by atoms with E-state index in [0.29, 0.717) is 10.6 Å². The fourth-order valence-electron chi connectivity index (χ4n) is 2.41. The second kappa shape index (κ2) is 9.27. The number of hydrogen-bond acceptors (Lipinski definition) is 6. The van der Waals surface area contributed by atoms with Crippen LogP contribution in [-0.2, 0) is 17.5 Å². The van der Waals surface area contributed by atoms with Gasteiger partial charge in [0, 0.05) is 12.1 Å². The van der Waals surface area contributed by atoms with Crippen LogP contribution in [0.4, 0.5) is 13.2 Å². The second-order valence-electron chi connectivity index (χ2n) is 5.77. The molecular weight excluding hydrogens is 423 g/mol. The van der Waals surface area contributed by atoms with Gasteiger partial charge in [0.15, 0.2) is 5.16 Å². The largest absolute Gasteiger partial charge is 0.496 e. The number of nitrogens with one attached hydrogen (secondary N) is 1. The topological polar surface area (TPSA) is 64.1 Å². The molecule has 3 aromatic rings. The maximum Gasteiger partial charge on any atom is 0.433 e. The Morgan fingerprint density at radius 1 is 1.21 bits per heavy atom. The van der Waals surface area contributed by atoms with Crippen LogP contribution in [0.25, 0.3) is 10.6 Å². The molecule has 29 heavy (non-hydrogen) atoms. The van der Waals surface area contributed by atoms with E-state index in [0.717, 1.165) is 23.4 Å². The predicted molar refractivity (Wildman–Crippen MR) is 106 cm³/mol. The number of rotatable bonds is 7. The van der Waals surface area contributed by atoms with Crippen LogP contribution in [0.1, 0.15) is 11.3 Å². The Kier molecular flexibility index (Phi) is 6.75. The molecule has 0 atom stereocenters. The highest BCUT2D eigenvalue weighted by molar-refractivity contribution is 7.99. The summed E-state index contributed by atoms with van der Waals surface area (Å²) in [5.74, 6) is 0.183. The molecule has 1 amide bonds. The molecule has 0 aliphatic rings. The lowest BCUT2D eigenvalue weighted by Crippen LogP contribution is -2.25. The van der Waals surface area contributed by atoms with Gasteiger partial charge in [-0.1, -0.05) is 36.0 Å². The first-order valence-electron chi connectivity index (χ1n) is 8.38. The molecule has 152 valence electrons. The van der Waals surface area contributed by atoms with Crippen molar-refractivity contribution in [2.24, 2.45) is 0 Å². The number of nitrogens with zero attached hydrogens (tertiary/aromatic N) is 2. The van der Waals surface area contributed by atoms with Crippen molar-refractivity contribution in [3.8, 4) is 16.3 Å². The van der Waals surface area contributed by atoms with E-state index in [1.165, 1.54) is 18.4 Å². The van der Waals surface area contributed by atoms with Gasteiger partial charge in [-0.25, -0.2) is 9.97 Å². The number of thioether (sulfide) groups is 1. The van der Waals surface area contributed by atoms with Crippen LogP contribution in [0.2, 0.25) is 0 Å². The lowest BCUT2D eigenvalue weighted by Gasteiger charge is -2.11. The van der Waals surface area contributed by atoms with E-state index >= 15 is 0 Å². The van der Waals surface area contributed by atoms with Gasteiger partial charge < -0.3 is 10.1 Å². The van der Waals surface area contributed by atoms with E-state index in [1.54, 1.807) is 23.6 Å². The minimum Gasteiger partial charge on any atom is -0.496 e. The number of carbonyl (C=O) groups is 1. The number of halogens is 3. The van der Waals surface area contributed by atoms with E-state index in [4.69, 9.17) is 4.74 Å². The van der Waals surface area contributed by atoms with Crippen molar-refractivity contribution in [3.63, 3.8) is 0 Å². The summed E-state index contributed by atoms with van der Waals surface area (Å²) < 4.78 is 44.8.